The lowest BCUT2D eigenvalue weighted by Gasteiger charge is -2.50. The maximum absolute atomic E-state index is 13.3. The second-order valence-corrected chi connectivity index (χ2v) is 7.98. The van der Waals surface area contributed by atoms with E-state index in [-0.39, 0.29) is 17.9 Å². The van der Waals surface area contributed by atoms with Crippen LogP contribution in [-0.4, -0.2) is 62.5 Å². The van der Waals surface area contributed by atoms with Gasteiger partial charge in [0.15, 0.2) is 5.82 Å². The van der Waals surface area contributed by atoms with E-state index in [1.807, 2.05) is 30.3 Å². The first-order valence-electron chi connectivity index (χ1n) is 9.70. The minimum Gasteiger partial charge on any atom is -0.391 e. The first kappa shape index (κ1) is 18.7. The zero-order chi connectivity index (χ0) is 19.9. The van der Waals surface area contributed by atoms with Crippen molar-refractivity contribution in [3.05, 3.63) is 54.1 Å². The third-order valence-electron chi connectivity index (χ3n) is 6.32. The number of likely N-dealkylation sites (N-methyl/N-ethyl adjacent to an activating group) is 1. The Morgan fingerprint density at radius 3 is 2.46 bits per heavy atom. The van der Waals surface area contributed by atoms with E-state index in [2.05, 4.69) is 4.98 Å². The van der Waals surface area contributed by atoms with Gasteiger partial charge >= 0.3 is 0 Å². The van der Waals surface area contributed by atoms with Crippen LogP contribution >= 0.6 is 0 Å². The second kappa shape index (κ2) is 7.05. The summed E-state index contributed by atoms with van der Waals surface area (Å²) in [5.74, 6) is 0.365. The normalized spacial score (nSPS) is 24.6. The van der Waals surface area contributed by atoms with Crippen LogP contribution in [0.15, 0.2) is 42.7 Å². The van der Waals surface area contributed by atoms with Gasteiger partial charge in [0.2, 0.25) is 5.91 Å². The van der Waals surface area contributed by atoms with E-state index >= 15 is 0 Å². The molecular formula is C21H26N4O3. The van der Waals surface area contributed by atoms with Crippen molar-refractivity contribution >= 4 is 11.8 Å². The van der Waals surface area contributed by atoms with E-state index in [9.17, 15) is 14.7 Å². The highest BCUT2D eigenvalue weighted by Crippen LogP contribution is 2.46. The molecule has 1 N–H and O–H groups in total. The van der Waals surface area contributed by atoms with Crippen molar-refractivity contribution in [1.82, 2.24) is 19.4 Å². The first-order valence-corrected chi connectivity index (χ1v) is 9.70. The van der Waals surface area contributed by atoms with Crippen molar-refractivity contribution in [1.29, 1.82) is 0 Å². The molecule has 0 radical (unpaired) electrons. The molecule has 4 rings (SSSR count). The molecule has 1 aromatic carbocycles. The number of aliphatic hydroxyl groups excluding tert-OH is 1. The lowest BCUT2D eigenvalue weighted by Crippen LogP contribution is -2.58. The van der Waals surface area contributed by atoms with E-state index in [1.165, 1.54) is 0 Å². The van der Waals surface area contributed by atoms with Gasteiger partial charge in [0.25, 0.3) is 5.91 Å². The number of aromatic nitrogens is 2. The fourth-order valence-electron chi connectivity index (χ4n) is 4.72. The molecule has 28 heavy (non-hydrogen) atoms. The number of piperidine rings is 2. The standard InChI is InChI=1S/C21H26N4O3/c1-23-13-10-22-18(23)19(27)25-11-8-21(9-12-25)14-16(26)17(24(2)20(21)28)15-6-4-3-5-7-15/h3-7,10,13,16-17,26H,8-9,11-12,14H2,1-2H3/t16-,17+/m1/s1. The molecule has 0 aliphatic carbocycles. The third-order valence-corrected chi connectivity index (χ3v) is 6.32. The average Bonchev–Trinajstić information content (AvgIpc) is 3.13. The maximum Gasteiger partial charge on any atom is 0.289 e. The number of imidazole rings is 1. The highest BCUT2D eigenvalue weighted by atomic mass is 16.3. The number of aliphatic hydroxyl groups is 1. The van der Waals surface area contributed by atoms with Crippen molar-refractivity contribution in [2.24, 2.45) is 12.5 Å². The van der Waals surface area contributed by atoms with Gasteiger partial charge in [-0.25, -0.2) is 4.98 Å². The predicted molar refractivity (Wildman–Crippen MR) is 103 cm³/mol. The Kier molecular flexibility index (Phi) is 4.71. The average molecular weight is 382 g/mol. The van der Waals surface area contributed by atoms with Crippen molar-refractivity contribution < 1.29 is 14.7 Å². The molecule has 2 fully saturated rings. The Balaban J connectivity index is 1.49. The number of carbonyl (C=O) groups excluding carboxylic acids is 2. The van der Waals surface area contributed by atoms with Crippen LogP contribution in [0.4, 0.5) is 0 Å². The first-order chi connectivity index (χ1) is 13.4. The molecule has 1 aromatic heterocycles. The second-order valence-electron chi connectivity index (χ2n) is 7.98. The van der Waals surface area contributed by atoms with E-state index in [0.717, 1.165) is 5.56 Å². The number of rotatable bonds is 2. The van der Waals surface area contributed by atoms with Crippen molar-refractivity contribution in [2.75, 3.05) is 20.1 Å². The molecule has 2 atom stereocenters. The van der Waals surface area contributed by atoms with Crippen LogP contribution in [0.1, 0.15) is 41.5 Å². The van der Waals surface area contributed by atoms with E-state index < -0.39 is 11.5 Å². The zero-order valence-corrected chi connectivity index (χ0v) is 16.3. The molecule has 2 aliphatic rings. The summed E-state index contributed by atoms with van der Waals surface area (Å²) in [4.78, 5) is 33.6. The number of carbonyl (C=O) groups is 2. The highest BCUT2D eigenvalue weighted by molar-refractivity contribution is 5.91. The fourth-order valence-corrected chi connectivity index (χ4v) is 4.72. The molecule has 0 unspecified atom stereocenters. The molecule has 2 aromatic rings. The van der Waals surface area contributed by atoms with E-state index in [4.69, 9.17) is 0 Å². The molecular weight excluding hydrogens is 356 g/mol. The van der Waals surface area contributed by atoms with Gasteiger partial charge in [0.1, 0.15) is 0 Å². The number of likely N-dealkylation sites (tertiary alicyclic amines) is 2. The highest BCUT2D eigenvalue weighted by Gasteiger charge is 2.51. The SMILES string of the molecule is CN1C(=O)C2(CCN(C(=O)c3nccn3C)CC2)C[C@@H](O)[C@@H]1c1ccccc1. The van der Waals surface area contributed by atoms with Crippen molar-refractivity contribution in [3.8, 4) is 0 Å². The van der Waals surface area contributed by atoms with Gasteiger partial charge in [-0.3, -0.25) is 9.59 Å². The Hall–Kier alpha value is -2.67. The Labute approximate surface area is 164 Å². The van der Waals surface area contributed by atoms with Crippen LogP contribution in [0.5, 0.6) is 0 Å². The molecule has 7 nitrogen and oxygen atoms in total. The molecule has 2 amide bonds. The quantitative estimate of drug-likeness (QED) is 0.856. The summed E-state index contributed by atoms with van der Waals surface area (Å²) < 4.78 is 1.71. The summed E-state index contributed by atoms with van der Waals surface area (Å²) in [6.45, 7) is 0.988. The summed E-state index contributed by atoms with van der Waals surface area (Å²) in [5.41, 5.74) is 0.348. The molecule has 7 heteroatoms. The minimum absolute atomic E-state index is 0.0655. The monoisotopic (exact) mass is 382 g/mol. The summed E-state index contributed by atoms with van der Waals surface area (Å²) in [5, 5.41) is 10.9. The Morgan fingerprint density at radius 1 is 1.18 bits per heavy atom. The summed E-state index contributed by atoms with van der Waals surface area (Å²) in [6.07, 6.45) is 4.29. The number of hydrogen-bond acceptors (Lipinski definition) is 4. The van der Waals surface area contributed by atoms with Gasteiger partial charge < -0.3 is 19.5 Å². The van der Waals surface area contributed by atoms with Gasteiger partial charge in [-0.2, -0.15) is 0 Å². The fraction of sp³-hybridized carbons (Fsp3) is 0.476. The molecule has 0 bridgehead atoms. The van der Waals surface area contributed by atoms with Crippen LogP contribution in [0, 0.1) is 5.41 Å². The van der Waals surface area contributed by atoms with Crippen LogP contribution in [-0.2, 0) is 11.8 Å². The maximum atomic E-state index is 13.3. The van der Waals surface area contributed by atoms with Crippen LogP contribution in [0.25, 0.3) is 0 Å². The molecule has 2 saturated heterocycles. The summed E-state index contributed by atoms with van der Waals surface area (Å²) in [7, 11) is 3.57. The molecule has 1 spiro atoms. The van der Waals surface area contributed by atoms with Crippen LogP contribution in [0.2, 0.25) is 0 Å². The van der Waals surface area contributed by atoms with Crippen LogP contribution < -0.4 is 0 Å². The number of aryl methyl sites for hydroxylation is 1. The van der Waals surface area contributed by atoms with Gasteiger partial charge in [-0.15, -0.1) is 0 Å². The number of benzene rings is 1. The summed E-state index contributed by atoms with van der Waals surface area (Å²) >= 11 is 0. The molecule has 2 aliphatic heterocycles. The zero-order valence-electron chi connectivity index (χ0n) is 16.3. The lowest BCUT2D eigenvalue weighted by atomic mass is 9.68. The number of hydrogen-bond donors (Lipinski definition) is 1. The third kappa shape index (κ3) is 2.99. The summed E-state index contributed by atoms with van der Waals surface area (Å²) in [6, 6.07) is 9.34. The van der Waals surface area contributed by atoms with E-state index in [1.54, 1.807) is 40.9 Å². The molecule has 3 heterocycles. The van der Waals surface area contributed by atoms with Gasteiger partial charge in [0.05, 0.1) is 17.6 Å². The largest absolute Gasteiger partial charge is 0.391 e. The molecule has 148 valence electrons. The minimum atomic E-state index is -0.623. The predicted octanol–water partition coefficient (Wildman–Crippen LogP) is 1.61. The van der Waals surface area contributed by atoms with Gasteiger partial charge in [-0.1, -0.05) is 30.3 Å². The lowest BCUT2D eigenvalue weighted by molar-refractivity contribution is -0.161. The van der Waals surface area contributed by atoms with Gasteiger partial charge in [0, 0.05) is 39.6 Å². The van der Waals surface area contributed by atoms with Crippen molar-refractivity contribution in [3.63, 3.8) is 0 Å². The van der Waals surface area contributed by atoms with Crippen LogP contribution in [0.3, 0.4) is 0 Å². The smallest absolute Gasteiger partial charge is 0.289 e. The molecule has 0 saturated carbocycles. The van der Waals surface area contributed by atoms with Gasteiger partial charge in [-0.05, 0) is 24.8 Å². The Bertz CT molecular complexity index is 871. The number of nitrogens with zero attached hydrogens (tertiary/aromatic N) is 4. The van der Waals surface area contributed by atoms with E-state index in [0.29, 0.717) is 38.2 Å². The topological polar surface area (TPSA) is 78.7 Å². The number of amides is 2. The van der Waals surface area contributed by atoms with Crippen molar-refractivity contribution in [2.45, 2.75) is 31.4 Å². The Morgan fingerprint density at radius 2 is 1.86 bits per heavy atom.